The number of likely N-dealkylation sites (tertiary alicyclic amines) is 1. The monoisotopic (exact) mass is 197 g/mol. The second-order valence-electron chi connectivity index (χ2n) is 5.36. The molecule has 3 heteroatoms. The first-order valence-corrected chi connectivity index (χ1v) is 5.41. The van der Waals surface area contributed by atoms with Gasteiger partial charge in [0.2, 0.25) is 5.91 Å². The molecule has 0 aromatic heterocycles. The average molecular weight is 197 g/mol. The van der Waals surface area contributed by atoms with Gasteiger partial charge in [-0.05, 0) is 38.0 Å². The summed E-state index contributed by atoms with van der Waals surface area (Å²) in [6, 6.07) is 0. The van der Waals surface area contributed by atoms with Gasteiger partial charge in [0.25, 0.3) is 0 Å². The molecule has 3 nitrogen and oxygen atoms in total. The van der Waals surface area contributed by atoms with Gasteiger partial charge in [-0.25, -0.2) is 0 Å². The molecule has 0 aromatic carbocycles. The van der Waals surface area contributed by atoms with E-state index in [-0.39, 0.29) is 5.91 Å². The molecule has 1 aliphatic heterocycles. The van der Waals surface area contributed by atoms with E-state index < -0.39 is 5.60 Å². The normalized spacial score (nSPS) is 28.6. The predicted molar refractivity (Wildman–Crippen MR) is 53.8 cm³/mol. The summed E-state index contributed by atoms with van der Waals surface area (Å²) in [6.07, 6.45) is 3.99. The highest BCUT2D eigenvalue weighted by molar-refractivity contribution is 5.73. The molecule has 1 saturated heterocycles. The number of carbonyl (C=O) groups excluding carboxylic acids is 1. The minimum atomic E-state index is -0.432. The lowest BCUT2D eigenvalue weighted by atomic mass is 9.56. The van der Waals surface area contributed by atoms with E-state index in [2.05, 4.69) is 0 Å². The Morgan fingerprint density at radius 1 is 1.29 bits per heavy atom. The van der Waals surface area contributed by atoms with Crippen molar-refractivity contribution < 1.29 is 9.90 Å². The Kier molecular flexibility index (Phi) is 2.11. The molecule has 2 fully saturated rings. The summed E-state index contributed by atoms with van der Waals surface area (Å²) >= 11 is 0. The molecule has 14 heavy (non-hydrogen) atoms. The van der Waals surface area contributed by atoms with Gasteiger partial charge in [-0.1, -0.05) is 0 Å². The number of carbonyl (C=O) groups is 1. The summed E-state index contributed by atoms with van der Waals surface area (Å²) in [5.74, 6) is 0.186. The number of aliphatic hydroxyl groups is 1. The Hall–Kier alpha value is -0.570. The molecule has 2 aliphatic rings. The standard InChI is InChI=1S/C11H19NO2/c1-9(13)12-5-3-11(4-6-12)7-10(2,14)8-11/h14H,3-8H2,1-2H3. The summed E-state index contributed by atoms with van der Waals surface area (Å²) in [5, 5.41) is 9.73. The van der Waals surface area contributed by atoms with Gasteiger partial charge in [-0.15, -0.1) is 0 Å². The van der Waals surface area contributed by atoms with Crippen molar-refractivity contribution in [3.63, 3.8) is 0 Å². The van der Waals surface area contributed by atoms with E-state index >= 15 is 0 Å². The molecule has 0 radical (unpaired) electrons. The first kappa shape index (κ1) is 9.97. The van der Waals surface area contributed by atoms with Crippen molar-refractivity contribution in [3.8, 4) is 0 Å². The quantitative estimate of drug-likeness (QED) is 0.633. The fourth-order valence-corrected chi connectivity index (χ4v) is 3.21. The maximum Gasteiger partial charge on any atom is 0.219 e. The van der Waals surface area contributed by atoms with Crippen LogP contribution in [0.1, 0.15) is 39.5 Å². The topological polar surface area (TPSA) is 40.5 Å². The smallest absolute Gasteiger partial charge is 0.219 e. The third-order valence-corrected chi connectivity index (χ3v) is 3.78. The molecular formula is C11H19NO2. The van der Waals surface area contributed by atoms with Gasteiger partial charge in [-0.2, -0.15) is 0 Å². The number of piperidine rings is 1. The fraction of sp³-hybridized carbons (Fsp3) is 0.909. The first-order valence-electron chi connectivity index (χ1n) is 5.41. The zero-order valence-corrected chi connectivity index (χ0v) is 9.05. The number of nitrogens with zero attached hydrogens (tertiary/aromatic N) is 1. The van der Waals surface area contributed by atoms with E-state index in [1.54, 1.807) is 6.92 Å². The fourth-order valence-electron chi connectivity index (χ4n) is 3.21. The maximum absolute atomic E-state index is 11.1. The number of rotatable bonds is 0. The van der Waals surface area contributed by atoms with Gasteiger partial charge in [0.05, 0.1) is 5.60 Å². The Balaban J connectivity index is 1.89. The van der Waals surface area contributed by atoms with Crippen LogP contribution >= 0.6 is 0 Å². The van der Waals surface area contributed by atoms with Gasteiger partial charge in [-0.3, -0.25) is 4.79 Å². The van der Waals surface area contributed by atoms with Gasteiger partial charge < -0.3 is 10.0 Å². The second kappa shape index (κ2) is 2.96. The van der Waals surface area contributed by atoms with Crippen LogP contribution in [0.15, 0.2) is 0 Å². The lowest BCUT2D eigenvalue weighted by Crippen LogP contribution is -2.55. The van der Waals surface area contributed by atoms with Crippen LogP contribution in [-0.4, -0.2) is 34.6 Å². The number of hydrogen-bond acceptors (Lipinski definition) is 2. The molecule has 1 spiro atoms. The van der Waals surface area contributed by atoms with Crippen molar-refractivity contribution >= 4 is 5.91 Å². The Bertz CT molecular complexity index is 242. The third-order valence-electron chi connectivity index (χ3n) is 3.78. The molecule has 2 rings (SSSR count). The molecule has 1 aliphatic carbocycles. The molecule has 0 unspecified atom stereocenters. The van der Waals surface area contributed by atoms with Gasteiger partial charge >= 0.3 is 0 Å². The molecule has 1 heterocycles. The highest BCUT2D eigenvalue weighted by Gasteiger charge is 2.51. The summed E-state index contributed by atoms with van der Waals surface area (Å²) < 4.78 is 0. The lowest BCUT2D eigenvalue weighted by molar-refractivity contribution is -0.148. The van der Waals surface area contributed by atoms with E-state index in [9.17, 15) is 9.90 Å². The van der Waals surface area contributed by atoms with Crippen LogP contribution in [0.2, 0.25) is 0 Å². The molecule has 1 saturated carbocycles. The molecule has 80 valence electrons. The number of hydrogen-bond donors (Lipinski definition) is 1. The third kappa shape index (κ3) is 1.65. The molecule has 0 atom stereocenters. The van der Waals surface area contributed by atoms with Crippen LogP contribution in [0, 0.1) is 5.41 Å². The van der Waals surface area contributed by atoms with Crippen LogP contribution in [0.4, 0.5) is 0 Å². The van der Waals surface area contributed by atoms with Crippen molar-refractivity contribution in [2.24, 2.45) is 5.41 Å². The van der Waals surface area contributed by atoms with Crippen molar-refractivity contribution in [2.75, 3.05) is 13.1 Å². The molecule has 0 bridgehead atoms. The van der Waals surface area contributed by atoms with Crippen molar-refractivity contribution in [1.29, 1.82) is 0 Å². The SMILES string of the molecule is CC(=O)N1CCC2(CC1)CC(C)(O)C2. The van der Waals surface area contributed by atoms with Crippen molar-refractivity contribution in [3.05, 3.63) is 0 Å². The van der Waals surface area contributed by atoms with Crippen LogP contribution in [0.25, 0.3) is 0 Å². The predicted octanol–water partition coefficient (Wildman–Crippen LogP) is 1.16. The van der Waals surface area contributed by atoms with E-state index in [4.69, 9.17) is 0 Å². The summed E-state index contributed by atoms with van der Waals surface area (Å²) in [6.45, 7) is 5.31. The highest BCUT2D eigenvalue weighted by Crippen LogP contribution is 2.54. The van der Waals surface area contributed by atoms with Gasteiger partial charge in [0.1, 0.15) is 0 Å². The van der Waals surface area contributed by atoms with Crippen molar-refractivity contribution in [1.82, 2.24) is 4.90 Å². The van der Waals surface area contributed by atoms with Crippen LogP contribution < -0.4 is 0 Å². The maximum atomic E-state index is 11.1. The summed E-state index contributed by atoms with van der Waals surface area (Å²) in [4.78, 5) is 13.0. The molecule has 1 N–H and O–H groups in total. The molecule has 1 amide bonds. The average Bonchev–Trinajstić information content (AvgIpc) is 2.01. The van der Waals surface area contributed by atoms with Gasteiger partial charge in [0, 0.05) is 20.0 Å². The molecular weight excluding hydrogens is 178 g/mol. The first-order chi connectivity index (χ1) is 6.43. The minimum Gasteiger partial charge on any atom is -0.390 e. The zero-order chi connectivity index (χ0) is 10.4. The Labute approximate surface area is 85.1 Å². The Morgan fingerprint density at radius 2 is 1.79 bits per heavy atom. The van der Waals surface area contributed by atoms with Crippen molar-refractivity contribution in [2.45, 2.75) is 45.1 Å². The van der Waals surface area contributed by atoms with Crippen LogP contribution in [0.3, 0.4) is 0 Å². The zero-order valence-electron chi connectivity index (χ0n) is 9.05. The van der Waals surface area contributed by atoms with E-state index in [0.717, 1.165) is 38.8 Å². The molecule has 0 aromatic rings. The minimum absolute atomic E-state index is 0.186. The highest BCUT2D eigenvalue weighted by atomic mass is 16.3. The van der Waals surface area contributed by atoms with E-state index in [0.29, 0.717) is 5.41 Å². The Morgan fingerprint density at radius 3 is 2.14 bits per heavy atom. The summed E-state index contributed by atoms with van der Waals surface area (Å²) in [5.41, 5.74) is -0.0756. The van der Waals surface area contributed by atoms with Gasteiger partial charge in [0.15, 0.2) is 0 Å². The van der Waals surface area contributed by atoms with E-state index in [1.807, 2.05) is 11.8 Å². The summed E-state index contributed by atoms with van der Waals surface area (Å²) in [7, 11) is 0. The van der Waals surface area contributed by atoms with E-state index in [1.165, 1.54) is 0 Å². The van der Waals surface area contributed by atoms with Crippen LogP contribution in [0.5, 0.6) is 0 Å². The van der Waals surface area contributed by atoms with Crippen LogP contribution in [-0.2, 0) is 4.79 Å². The second-order valence-corrected chi connectivity index (χ2v) is 5.36. The lowest BCUT2D eigenvalue weighted by Gasteiger charge is -2.55. The number of amides is 1. The largest absolute Gasteiger partial charge is 0.390 e.